The number of aromatic nitrogens is 3. The molecule has 0 saturated heterocycles. The van der Waals surface area contributed by atoms with Crippen molar-refractivity contribution in [2.24, 2.45) is 7.05 Å². The highest BCUT2D eigenvalue weighted by Gasteiger charge is 2.02. The fraction of sp³-hybridized carbons (Fsp3) is 0.200. The zero-order valence-electron chi connectivity index (χ0n) is 8.29. The van der Waals surface area contributed by atoms with Crippen LogP contribution in [-0.2, 0) is 12.8 Å². The summed E-state index contributed by atoms with van der Waals surface area (Å²) in [5, 5.41) is 17.1. The van der Waals surface area contributed by atoms with Gasteiger partial charge in [-0.15, -0.1) is 22.0 Å². The van der Waals surface area contributed by atoms with Crippen LogP contribution in [0.4, 0.5) is 0 Å². The van der Waals surface area contributed by atoms with E-state index in [1.807, 2.05) is 23.7 Å². The van der Waals surface area contributed by atoms with E-state index < -0.39 is 0 Å². The van der Waals surface area contributed by atoms with Crippen LogP contribution in [0.25, 0.3) is 0 Å². The van der Waals surface area contributed by atoms with Crippen LogP contribution in [0.1, 0.15) is 5.82 Å². The highest BCUT2D eigenvalue weighted by atomic mass is 32.2. The van der Waals surface area contributed by atoms with E-state index in [9.17, 15) is 5.11 Å². The van der Waals surface area contributed by atoms with Crippen molar-refractivity contribution in [2.75, 3.05) is 0 Å². The highest BCUT2D eigenvalue weighted by Crippen LogP contribution is 2.24. The summed E-state index contributed by atoms with van der Waals surface area (Å²) in [5.74, 6) is 1.96. The number of phenolic OH excluding ortho intramolecular Hbond substituents is 1. The van der Waals surface area contributed by atoms with Gasteiger partial charge in [-0.05, 0) is 18.2 Å². The van der Waals surface area contributed by atoms with Crippen molar-refractivity contribution in [3.63, 3.8) is 0 Å². The number of aryl methyl sites for hydroxylation is 1. The van der Waals surface area contributed by atoms with Gasteiger partial charge < -0.3 is 9.67 Å². The number of rotatable bonds is 3. The summed E-state index contributed by atoms with van der Waals surface area (Å²) in [6, 6.07) is 7.18. The van der Waals surface area contributed by atoms with Gasteiger partial charge in [0.05, 0.1) is 5.75 Å². The first-order valence-corrected chi connectivity index (χ1v) is 5.49. The lowest BCUT2D eigenvalue weighted by Gasteiger charge is -2.01. The van der Waals surface area contributed by atoms with E-state index in [1.165, 1.54) is 0 Å². The molecule has 0 aliphatic carbocycles. The normalized spacial score (nSPS) is 10.5. The van der Waals surface area contributed by atoms with E-state index >= 15 is 0 Å². The summed E-state index contributed by atoms with van der Waals surface area (Å²) in [6.07, 6.45) is 1.68. The Kier molecular flexibility index (Phi) is 2.91. The summed E-state index contributed by atoms with van der Waals surface area (Å²) >= 11 is 1.62. The van der Waals surface area contributed by atoms with Crippen molar-refractivity contribution < 1.29 is 5.11 Å². The highest BCUT2D eigenvalue weighted by molar-refractivity contribution is 7.98. The molecule has 78 valence electrons. The van der Waals surface area contributed by atoms with Crippen LogP contribution in [0, 0.1) is 0 Å². The van der Waals surface area contributed by atoms with Crippen molar-refractivity contribution in [3.8, 4) is 5.75 Å². The van der Waals surface area contributed by atoms with Crippen molar-refractivity contribution in [1.82, 2.24) is 14.8 Å². The molecular weight excluding hydrogens is 210 g/mol. The number of nitrogens with zero attached hydrogens (tertiary/aromatic N) is 3. The monoisotopic (exact) mass is 221 g/mol. The molecule has 2 rings (SSSR count). The molecular formula is C10H11N3OS. The Morgan fingerprint density at radius 3 is 3.00 bits per heavy atom. The number of aromatic hydroxyl groups is 1. The number of phenols is 1. The van der Waals surface area contributed by atoms with E-state index in [1.54, 1.807) is 30.2 Å². The lowest BCUT2D eigenvalue weighted by Crippen LogP contribution is -1.94. The first kappa shape index (κ1) is 10.0. The van der Waals surface area contributed by atoms with E-state index in [4.69, 9.17) is 0 Å². The molecule has 5 heteroatoms. The third-order valence-electron chi connectivity index (χ3n) is 1.99. The minimum absolute atomic E-state index is 0.290. The second-order valence-corrected chi connectivity index (χ2v) is 4.19. The zero-order chi connectivity index (χ0) is 10.7. The summed E-state index contributed by atoms with van der Waals surface area (Å²) in [7, 11) is 1.92. The van der Waals surface area contributed by atoms with Gasteiger partial charge in [0.2, 0.25) is 0 Å². The molecule has 0 atom stereocenters. The predicted octanol–water partition coefficient (Wildman–Crippen LogP) is 1.81. The molecule has 0 unspecified atom stereocenters. The maximum Gasteiger partial charge on any atom is 0.142 e. The maximum absolute atomic E-state index is 9.28. The summed E-state index contributed by atoms with van der Waals surface area (Å²) in [6.45, 7) is 0. The van der Waals surface area contributed by atoms with Crippen LogP contribution in [0.5, 0.6) is 5.75 Å². The minimum Gasteiger partial charge on any atom is -0.508 e. The van der Waals surface area contributed by atoms with Gasteiger partial charge in [-0.3, -0.25) is 0 Å². The lowest BCUT2D eigenvalue weighted by atomic mass is 10.3. The van der Waals surface area contributed by atoms with Gasteiger partial charge in [0.25, 0.3) is 0 Å². The van der Waals surface area contributed by atoms with Gasteiger partial charge in [0, 0.05) is 11.9 Å². The third-order valence-corrected chi connectivity index (χ3v) is 2.98. The standard InChI is InChI=1S/C10H11N3OS/c1-13-7-11-12-10(13)6-15-9-4-2-3-8(14)5-9/h2-5,7,14H,6H2,1H3. The van der Waals surface area contributed by atoms with Gasteiger partial charge in [0.1, 0.15) is 17.9 Å². The molecule has 0 bridgehead atoms. The molecule has 1 heterocycles. The zero-order valence-corrected chi connectivity index (χ0v) is 9.11. The molecule has 0 radical (unpaired) electrons. The van der Waals surface area contributed by atoms with Crippen molar-refractivity contribution in [2.45, 2.75) is 10.6 Å². The average molecular weight is 221 g/mol. The Morgan fingerprint density at radius 1 is 1.47 bits per heavy atom. The van der Waals surface area contributed by atoms with E-state index in [2.05, 4.69) is 10.2 Å². The predicted molar refractivity (Wildman–Crippen MR) is 58.7 cm³/mol. The second-order valence-electron chi connectivity index (χ2n) is 3.14. The van der Waals surface area contributed by atoms with Gasteiger partial charge in [0.15, 0.2) is 0 Å². The van der Waals surface area contributed by atoms with Crippen LogP contribution < -0.4 is 0 Å². The van der Waals surface area contributed by atoms with Crippen LogP contribution >= 0.6 is 11.8 Å². The number of hydrogen-bond donors (Lipinski definition) is 1. The minimum atomic E-state index is 0.290. The van der Waals surface area contributed by atoms with Crippen LogP contribution in [0.2, 0.25) is 0 Å². The number of benzene rings is 1. The van der Waals surface area contributed by atoms with E-state index in [-0.39, 0.29) is 5.75 Å². The molecule has 4 nitrogen and oxygen atoms in total. The SMILES string of the molecule is Cn1cnnc1CSc1cccc(O)c1. The Morgan fingerprint density at radius 2 is 2.33 bits per heavy atom. The molecule has 0 spiro atoms. The maximum atomic E-state index is 9.28. The number of hydrogen-bond acceptors (Lipinski definition) is 4. The van der Waals surface area contributed by atoms with Crippen LogP contribution in [0.15, 0.2) is 35.5 Å². The van der Waals surface area contributed by atoms with Crippen molar-refractivity contribution >= 4 is 11.8 Å². The van der Waals surface area contributed by atoms with E-state index in [0.717, 1.165) is 16.5 Å². The second kappa shape index (κ2) is 4.35. The number of thioether (sulfide) groups is 1. The summed E-state index contributed by atoms with van der Waals surface area (Å²) < 4.78 is 1.88. The van der Waals surface area contributed by atoms with Gasteiger partial charge >= 0.3 is 0 Å². The molecule has 15 heavy (non-hydrogen) atoms. The largest absolute Gasteiger partial charge is 0.508 e. The molecule has 0 aliphatic rings. The molecule has 0 aliphatic heterocycles. The van der Waals surface area contributed by atoms with Gasteiger partial charge in [-0.1, -0.05) is 6.07 Å². The Labute approximate surface area is 92.0 Å². The molecule has 0 saturated carbocycles. The summed E-state index contributed by atoms with van der Waals surface area (Å²) in [5.41, 5.74) is 0. The Hall–Kier alpha value is -1.49. The molecule has 1 aromatic carbocycles. The fourth-order valence-corrected chi connectivity index (χ4v) is 2.09. The molecule has 1 N–H and O–H groups in total. The molecule has 2 aromatic rings. The van der Waals surface area contributed by atoms with Gasteiger partial charge in [-0.25, -0.2) is 0 Å². The van der Waals surface area contributed by atoms with E-state index in [0.29, 0.717) is 0 Å². The molecule has 1 aromatic heterocycles. The Bertz CT molecular complexity index is 455. The fourth-order valence-electron chi connectivity index (χ4n) is 1.16. The third kappa shape index (κ3) is 2.50. The topological polar surface area (TPSA) is 50.9 Å². The average Bonchev–Trinajstić information content (AvgIpc) is 2.61. The van der Waals surface area contributed by atoms with Crippen LogP contribution in [-0.4, -0.2) is 19.9 Å². The van der Waals surface area contributed by atoms with Crippen LogP contribution in [0.3, 0.4) is 0 Å². The first-order valence-electron chi connectivity index (χ1n) is 4.50. The quantitative estimate of drug-likeness (QED) is 0.803. The van der Waals surface area contributed by atoms with Gasteiger partial charge in [-0.2, -0.15) is 0 Å². The molecule has 0 fully saturated rings. The first-order chi connectivity index (χ1) is 7.25. The lowest BCUT2D eigenvalue weighted by molar-refractivity contribution is 0.474. The smallest absolute Gasteiger partial charge is 0.142 e. The van der Waals surface area contributed by atoms with Crippen molar-refractivity contribution in [1.29, 1.82) is 0 Å². The summed E-state index contributed by atoms with van der Waals surface area (Å²) in [4.78, 5) is 1.03. The Balaban J connectivity index is 2.02. The van der Waals surface area contributed by atoms with Crippen molar-refractivity contribution in [3.05, 3.63) is 36.4 Å². The molecule has 0 amide bonds.